The highest BCUT2D eigenvalue weighted by Crippen LogP contribution is 2.03. The van der Waals surface area contributed by atoms with Gasteiger partial charge in [-0.3, -0.25) is 0 Å². The smallest absolute Gasteiger partial charge is 0.0763 e. The number of rotatable bonds is 5. The summed E-state index contributed by atoms with van der Waals surface area (Å²) < 4.78 is 5.49. The fraction of sp³-hybridized carbons (Fsp3) is 0.250. The zero-order valence-corrected chi connectivity index (χ0v) is 9.59. The van der Waals surface area contributed by atoms with Crippen LogP contribution < -0.4 is 0 Å². The molecule has 0 N–H and O–H groups in total. The third kappa shape index (κ3) is 3.93. The van der Waals surface area contributed by atoms with E-state index in [4.69, 9.17) is 4.74 Å². The highest BCUT2D eigenvalue weighted by molar-refractivity contribution is 9.09. The Morgan fingerprint density at radius 3 is 2.64 bits per heavy atom. The molecule has 0 unspecified atom stereocenters. The predicted molar refractivity (Wildman–Crippen MR) is 62.5 cm³/mol. The minimum absolute atomic E-state index is 0.587. The molecule has 0 atom stereocenters. The van der Waals surface area contributed by atoms with E-state index in [-0.39, 0.29) is 0 Å². The molecule has 0 spiro atoms. The van der Waals surface area contributed by atoms with E-state index in [0.717, 1.165) is 10.9 Å². The average molecular weight is 253 g/mol. The maximum Gasteiger partial charge on any atom is 0.0763 e. The minimum atomic E-state index is 0.587. The van der Waals surface area contributed by atoms with Gasteiger partial charge in [0.1, 0.15) is 0 Å². The highest BCUT2D eigenvalue weighted by Gasteiger charge is 1.95. The Morgan fingerprint density at radius 2 is 2.07 bits per heavy atom. The van der Waals surface area contributed by atoms with Crippen LogP contribution in [0.15, 0.2) is 48.2 Å². The van der Waals surface area contributed by atoms with E-state index in [1.807, 2.05) is 30.3 Å². The van der Waals surface area contributed by atoms with Gasteiger partial charge in [0.2, 0.25) is 0 Å². The first-order valence-corrected chi connectivity index (χ1v) is 5.54. The van der Waals surface area contributed by atoms with Gasteiger partial charge in [0, 0.05) is 10.9 Å². The Hall–Kier alpha value is -0.820. The lowest BCUT2D eigenvalue weighted by molar-refractivity contribution is 0.143. The van der Waals surface area contributed by atoms with Gasteiger partial charge in [0.05, 0.1) is 13.2 Å². The van der Waals surface area contributed by atoms with Gasteiger partial charge in [-0.05, 0) is 5.56 Å². The van der Waals surface area contributed by atoms with Crippen LogP contribution >= 0.6 is 15.9 Å². The van der Waals surface area contributed by atoms with Crippen molar-refractivity contribution in [2.75, 3.05) is 11.9 Å². The molecule has 1 aromatic rings. The molecule has 0 fully saturated rings. The minimum Gasteiger partial charge on any atom is -0.372 e. The normalized spacial score (nSPS) is 9.50. The van der Waals surface area contributed by atoms with Crippen LogP contribution in [-0.4, -0.2) is 11.9 Å². The van der Waals surface area contributed by atoms with E-state index < -0.39 is 0 Å². The number of alkyl halides is 1. The molecule has 0 aliphatic carbocycles. The third-order valence-corrected chi connectivity index (χ3v) is 2.48. The fourth-order valence-corrected chi connectivity index (χ4v) is 1.36. The molecule has 0 heterocycles. The van der Waals surface area contributed by atoms with Crippen LogP contribution in [0.1, 0.15) is 5.56 Å². The maximum atomic E-state index is 5.49. The quantitative estimate of drug-likeness (QED) is 0.577. The molecule has 0 bridgehead atoms. The van der Waals surface area contributed by atoms with E-state index in [9.17, 15) is 0 Å². The molecule has 0 aliphatic rings. The second-order valence-electron chi connectivity index (χ2n) is 2.89. The van der Waals surface area contributed by atoms with Crippen molar-refractivity contribution >= 4 is 15.9 Å². The average Bonchev–Trinajstić information content (AvgIpc) is 2.26. The Kier molecular flexibility index (Phi) is 5.31. The third-order valence-electron chi connectivity index (χ3n) is 1.80. The van der Waals surface area contributed by atoms with Crippen LogP contribution in [-0.2, 0) is 11.3 Å². The summed E-state index contributed by atoms with van der Waals surface area (Å²) in [7, 11) is 0. The Labute approximate surface area is 93.2 Å². The zero-order chi connectivity index (χ0) is 10.2. The summed E-state index contributed by atoms with van der Waals surface area (Å²) in [6.45, 7) is 4.81. The predicted octanol–water partition coefficient (Wildman–Crippen LogP) is 3.31. The molecule has 0 amide bonds. The molecule has 0 aliphatic heterocycles. The second-order valence-corrected chi connectivity index (χ2v) is 3.45. The van der Waals surface area contributed by atoms with Crippen LogP contribution in [0.3, 0.4) is 0 Å². The summed E-state index contributed by atoms with van der Waals surface area (Å²) in [5.74, 6) is 0. The lowest BCUT2D eigenvalue weighted by atomic mass is 10.2. The van der Waals surface area contributed by atoms with Crippen LogP contribution in [0.4, 0.5) is 0 Å². The Balaban J connectivity index is 2.32. The summed E-state index contributed by atoms with van der Waals surface area (Å²) in [5, 5.41) is 0.769. The van der Waals surface area contributed by atoms with Gasteiger partial charge in [0.15, 0.2) is 0 Å². The summed E-state index contributed by atoms with van der Waals surface area (Å²) >= 11 is 3.34. The summed E-state index contributed by atoms with van der Waals surface area (Å²) in [4.78, 5) is 0. The molecule has 0 saturated heterocycles. The number of hydrogen-bond donors (Lipinski definition) is 0. The molecule has 0 aromatic heterocycles. The largest absolute Gasteiger partial charge is 0.372 e. The van der Waals surface area contributed by atoms with Crippen LogP contribution in [0.5, 0.6) is 0 Å². The molecule has 74 valence electrons. The summed E-state index contributed by atoms with van der Waals surface area (Å²) in [6, 6.07) is 10.1. The van der Waals surface area contributed by atoms with E-state index in [1.54, 1.807) is 0 Å². The standard InChI is InChI=1S/C12H13BrO/c1-2-11(8-13)9-14-10-12-6-4-3-5-7-12/h3-7H,1,8-10H2. The van der Waals surface area contributed by atoms with Crippen molar-refractivity contribution in [1.82, 2.24) is 0 Å². The van der Waals surface area contributed by atoms with Crippen molar-refractivity contribution in [2.45, 2.75) is 6.61 Å². The molecule has 1 aromatic carbocycles. The lowest BCUT2D eigenvalue weighted by Crippen LogP contribution is -1.98. The first-order chi connectivity index (χ1) is 6.86. The van der Waals surface area contributed by atoms with E-state index in [1.165, 1.54) is 5.56 Å². The number of hydrogen-bond acceptors (Lipinski definition) is 1. The van der Waals surface area contributed by atoms with Crippen molar-refractivity contribution in [3.8, 4) is 0 Å². The van der Waals surface area contributed by atoms with E-state index in [2.05, 4.69) is 28.2 Å². The first-order valence-electron chi connectivity index (χ1n) is 4.42. The van der Waals surface area contributed by atoms with Gasteiger partial charge in [-0.1, -0.05) is 52.8 Å². The Bertz CT molecular complexity index is 312. The molecule has 1 nitrogen and oxygen atoms in total. The Morgan fingerprint density at radius 1 is 1.36 bits per heavy atom. The van der Waals surface area contributed by atoms with Crippen LogP contribution in [0, 0.1) is 0 Å². The van der Waals surface area contributed by atoms with Crippen molar-refractivity contribution in [3.63, 3.8) is 0 Å². The van der Waals surface area contributed by atoms with Crippen LogP contribution in [0.2, 0.25) is 0 Å². The van der Waals surface area contributed by atoms with E-state index in [0.29, 0.717) is 13.2 Å². The van der Waals surface area contributed by atoms with Gasteiger partial charge >= 0.3 is 0 Å². The van der Waals surface area contributed by atoms with Crippen molar-refractivity contribution < 1.29 is 4.74 Å². The van der Waals surface area contributed by atoms with Crippen molar-refractivity contribution in [2.24, 2.45) is 0 Å². The molecule has 0 saturated carbocycles. The molecular weight excluding hydrogens is 240 g/mol. The molecular formula is C12H13BrO. The summed E-state index contributed by atoms with van der Waals surface area (Å²) in [5.41, 5.74) is 5.06. The van der Waals surface area contributed by atoms with Gasteiger partial charge in [-0.15, -0.1) is 5.73 Å². The van der Waals surface area contributed by atoms with Gasteiger partial charge in [0.25, 0.3) is 0 Å². The molecule has 1 rings (SSSR count). The monoisotopic (exact) mass is 252 g/mol. The number of benzene rings is 1. The first kappa shape index (κ1) is 11.3. The van der Waals surface area contributed by atoms with Gasteiger partial charge < -0.3 is 4.74 Å². The number of ether oxygens (including phenoxy) is 1. The second kappa shape index (κ2) is 6.61. The topological polar surface area (TPSA) is 9.23 Å². The number of halogens is 1. The van der Waals surface area contributed by atoms with Crippen molar-refractivity contribution in [1.29, 1.82) is 0 Å². The zero-order valence-electron chi connectivity index (χ0n) is 8.00. The van der Waals surface area contributed by atoms with Crippen LogP contribution in [0.25, 0.3) is 0 Å². The fourth-order valence-electron chi connectivity index (χ4n) is 1.00. The van der Waals surface area contributed by atoms with E-state index >= 15 is 0 Å². The lowest BCUT2D eigenvalue weighted by Gasteiger charge is -2.03. The molecule has 14 heavy (non-hydrogen) atoms. The van der Waals surface area contributed by atoms with Gasteiger partial charge in [-0.25, -0.2) is 0 Å². The summed E-state index contributed by atoms with van der Waals surface area (Å²) in [6.07, 6.45) is 0. The maximum absolute atomic E-state index is 5.49. The SMILES string of the molecule is C=C=C(CBr)COCc1ccccc1. The van der Waals surface area contributed by atoms with Gasteiger partial charge in [-0.2, -0.15) is 0 Å². The molecule has 0 radical (unpaired) electrons. The van der Waals surface area contributed by atoms with Crippen molar-refractivity contribution in [3.05, 3.63) is 53.8 Å². The highest BCUT2D eigenvalue weighted by atomic mass is 79.9. The molecule has 2 heteroatoms.